The van der Waals surface area contributed by atoms with Crippen LogP contribution in [0.15, 0.2) is 42.6 Å². The van der Waals surface area contributed by atoms with Crippen LogP contribution in [0.4, 0.5) is 10.1 Å². The predicted octanol–water partition coefficient (Wildman–Crippen LogP) is 3.75. The van der Waals surface area contributed by atoms with E-state index in [2.05, 4.69) is 10.3 Å². The summed E-state index contributed by atoms with van der Waals surface area (Å²) in [6, 6.07) is 9.59. The molecule has 0 spiro atoms. The van der Waals surface area contributed by atoms with Crippen molar-refractivity contribution in [1.29, 1.82) is 0 Å². The maximum absolute atomic E-state index is 13.4. The van der Waals surface area contributed by atoms with Crippen LogP contribution in [-0.4, -0.2) is 16.7 Å². The van der Waals surface area contributed by atoms with E-state index in [1.54, 1.807) is 6.07 Å². The average molecular weight is 310 g/mol. The highest BCUT2D eigenvalue weighted by Gasteiger charge is 2.20. The van der Waals surface area contributed by atoms with Crippen molar-refractivity contribution in [3.63, 3.8) is 0 Å². The van der Waals surface area contributed by atoms with Crippen molar-refractivity contribution in [2.75, 3.05) is 5.32 Å². The molecule has 1 amide bonds. The number of aromatic nitrogens is 1. The molecule has 2 N–H and O–H groups in total. The molecule has 0 unspecified atom stereocenters. The largest absolute Gasteiger partial charge is 0.360 e. The van der Waals surface area contributed by atoms with Gasteiger partial charge in [0.05, 0.1) is 5.56 Å². The maximum Gasteiger partial charge on any atom is 0.296 e. The Balaban J connectivity index is 1.89. The molecule has 116 valence electrons. The number of benzene rings is 2. The van der Waals surface area contributed by atoms with Crippen LogP contribution in [0.2, 0.25) is 0 Å². The molecular weight excluding hydrogens is 295 g/mol. The van der Waals surface area contributed by atoms with Crippen LogP contribution >= 0.6 is 0 Å². The van der Waals surface area contributed by atoms with Gasteiger partial charge in [0.15, 0.2) is 0 Å². The number of fused-ring (bicyclic) bond motifs is 1. The Morgan fingerprint density at radius 2 is 1.87 bits per heavy atom. The fourth-order valence-electron chi connectivity index (χ4n) is 2.54. The van der Waals surface area contributed by atoms with Crippen molar-refractivity contribution in [2.24, 2.45) is 0 Å². The lowest BCUT2D eigenvalue weighted by Crippen LogP contribution is -2.23. The van der Waals surface area contributed by atoms with E-state index in [9.17, 15) is 14.0 Å². The van der Waals surface area contributed by atoms with Crippen molar-refractivity contribution in [2.45, 2.75) is 13.8 Å². The third-order valence-electron chi connectivity index (χ3n) is 3.72. The summed E-state index contributed by atoms with van der Waals surface area (Å²) in [5.41, 5.74) is 3.28. The first kappa shape index (κ1) is 15.0. The summed E-state index contributed by atoms with van der Waals surface area (Å²) in [4.78, 5) is 27.4. The van der Waals surface area contributed by atoms with Gasteiger partial charge >= 0.3 is 0 Å². The zero-order chi connectivity index (χ0) is 16.6. The Kier molecular flexibility index (Phi) is 3.70. The molecule has 2 aromatic carbocycles. The first-order chi connectivity index (χ1) is 11.0. The number of anilines is 1. The molecule has 5 heteroatoms. The summed E-state index contributed by atoms with van der Waals surface area (Å²) in [5, 5.41) is 3.00. The number of rotatable bonds is 3. The molecule has 0 aliphatic carbocycles. The molecule has 0 atom stereocenters. The Bertz CT molecular complexity index is 928. The normalized spacial score (nSPS) is 10.7. The standard InChI is InChI=1S/C18H15FN2O2/c1-10-3-5-15(11(2)7-10)21-18(23)17(22)14-9-20-16-6-4-12(19)8-13(14)16/h3-9,20H,1-2H3,(H,21,23). The fourth-order valence-corrected chi connectivity index (χ4v) is 2.54. The monoisotopic (exact) mass is 310 g/mol. The number of hydrogen-bond acceptors (Lipinski definition) is 2. The number of Topliss-reactive ketones (excluding diaryl/α,β-unsaturated/α-hetero) is 1. The first-order valence-electron chi connectivity index (χ1n) is 7.15. The summed E-state index contributed by atoms with van der Waals surface area (Å²) in [7, 11) is 0. The lowest BCUT2D eigenvalue weighted by Gasteiger charge is -2.08. The molecule has 4 nitrogen and oxygen atoms in total. The molecule has 3 aromatic rings. The Labute approximate surface area is 132 Å². The van der Waals surface area contributed by atoms with Crippen LogP contribution in [0.5, 0.6) is 0 Å². The third kappa shape index (κ3) is 2.85. The van der Waals surface area contributed by atoms with Crippen molar-refractivity contribution in [3.05, 3.63) is 65.1 Å². The van der Waals surface area contributed by atoms with E-state index in [4.69, 9.17) is 0 Å². The second kappa shape index (κ2) is 5.68. The van der Waals surface area contributed by atoms with Crippen LogP contribution in [-0.2, 0) is 4.79 Å². The quantitative estimate of drug-likeness (QED) is 0.572. The predicted molar refractivity (Wildman–Crippen MR) is 87.1 cm³/mol. The van der Waals surface area contributed by atoms with Crippen LogP contribution in [0.1, 0.15) is 21.5 Å². The van der Waals surface area contributed by atoms with E-state index in [0.29, 0.717) is 16.6 Å². The molecule has 3 rings (SSSR count). The van der Waals surface area contributed by atoms with Gasteiger partial charge in [0.25, 0.3) is 11.7 Å². The molecule has 0 bridgehead atoms. The van der Waals surface area contributed by atoms with Gasteiger partial charge in [0.2, 0.25) is 0 Å². The number of amides is 1. The summed E-state index contributed by atoms with van der Waals surface area (Å²) < 4.78 is 13.4. The number of H-pyrrole nitrogens is 1. The van der Waals surface area contributed by atoms with Crippen LogP contribution < -0.4 is 5.32 Å². The van der Waals surface area contributed by atoms with Gasteiger partial charge in [-0.1, -0.05) is 17.7 Å². The minimum atomic E-state index is -0.748. The maximum atomic E-state index is 13.4. The minimum absolute atomic E-state index is 0.154. The highest BCUT2D eigenvalue weighted by Crippen LogP contribution is 2.21. The number of halogens is 1. The molecule has 0 saturated heterocycles. The lowest BCUT2D eigenvalue weighted by molar-refractivity contribution is -0.112. The van der Waals surface area contributed by atoms with Gasteiger partial charge in [-0.2, -0.15) is 0 Å². The molecule has 1 aromatic heterocycles. The highest BCUT2D eigenvalue weighted by molar-refractivity contribution is 6.48. The van der Waals surface area contributed by atoms with Crippen molar-refractivity contribution in [1.82, 2.24) is 4.98 Å². The van der Waals surface area contributed by atoms with Crippen LogP contribution in [0, 0.1) is 19.7 Å². The van der Waals surface area contributed by atoms with Gasteiger partial charge in [0.1, 0.15) is 5.82 Å². The topological polar surface area (TPSA) is 62.0 Å². The van der Waals surface area contributed by atoms with Gasteiger partial charge in [0, 0.05) is 22.8 Å². The highest BCUT2D eigenvalue weighted by atomic mass is 19.1. The van der Waals surface area contributed by atoms with Gasteiger partial charge < -0.3 is 10.3 Å². The summed E-state index contributed by atoms with van der Waals surface area (Å²) in [6.07, 6.45) is 1.42. The first-order valence-corrected chi connectivity index (χ1v) is 7.15. The van der Waals surface area contributed by atoms with E-state index in [1.165, 1.54) is 24.4 Å². The van der Waals surface area contributed by atoms with Crippen molar-refractivity contribution >= 4 is 28.3 Å². The molecule has 0 aliphatic heterocycles. The van der Waals surface area contributed by atoms with Gasteiger partial charge in [-0.05, 0) is 43.7 Å². The van der Waals surface area contributed by atoms with Gasteiger partial charge in [-0.3, -0.25) is 9.59 Å². The molecule has 0 fully saturated rings. The smallest absolute Gasteiger partial charge is 0.296 e. The second-order valence-corrected chi connectivity index (χ2v) is 5.49. The Morgan fingerprint density at radius 1 is 1.09 bits per heavy atom. The lowest BCUT2D eigenvalue weighted by atomic mass is 10.1. The second-order valence-electron chi connectivity index (χ2n) is 5.49. The summed E-state index contributed by atoms with van der Waals surface area (Å²) in [6.45, 7) is 3.80. The van der Waals surface area contributed by atoms with Gasteiger partial charge in [-0.15, -0.1) is 0 Å². The minimum Gasteiger partial charge on any atom is -0.360 e. The zero-order valence-corrected chi connectivity index (χ0v) is 12.7. The zero-order valence-electron chi connectivity index (χ0n) is 12.7. The summed E-state index contributed by atoms with van der Waals surface area (Å²) in [5.74, 6) is -1.91. The summed E-state index contributed by atoms with van der Waals surface area (Å²) >= 11 is 0. The number of aromatic amines is 1. The fraction of sp³-hybridized carbons (Fsp3) is 0.111. The number of carbonyl (C=O) groups is 2. The number of nitrogens with one attached hydrogen (secondary N) is 2. The van der Waals surface area contributed by atoms with Crippen molar-refractivity contribution in [3.8, 4) is 0 Å². The molecule has 0 saturated carbocycles. The molecule has 23 heavy (non-hydrogen) atoms. The van der Waals surface area contributed by atoms with E-state index in [-0.39, 0.29) is 5.56 Å². The number of ketones is 1. The van der Waals surface area contributed by atoms with E-state index in [1.807, 2.05) is 26.0 Å². The van der Waals surface area contributed by atoms with E-state index in [0.717, 1.165) is 11.1 Å². The van der Waals surface area contributed by atoms with Crippen LogP contribution in [0.25, 0.3) is 10.9 Å². The number of hydrogen-bond donors (Lipinski definition) is 2. The molecule has 0 radical (unpaired) electrons. The van der Waals surface area contributed by atoms with E-state index >= 15 is 0 Å². The number of aryl methyl sites for hydroxylation is 2. The SMILES string of the molecule is Cc1ccc(NC(=O)C(=O)c2c[nH]c3ccc(F)cc23)c(C)c1. The van der Waals surface area contributed by atoms with Crippen LogP contribution in [0.3, 0.4) is 0 Å². The molecule has 1 heterocycles. The number of carbonyl (C=O) groups excluding carboxylic acids is 2. The average Bonchev–Trinajstić information content (AvgIpc) is 2.92. The molecular formula is C18H15FN2O2. The Morgan fingerprint density at radius 3 is 2.61 bits per heavy atom. The Hall–Kier alpha value is -2.95. The van der Waals surface area contributed by atoms with Gasteiger partial charge in [-0.25, -0.2) is 4.39 Å². The van der Waals surface area contributed by atoms with Crippen molar-refractivity contribution < 1.29 is 14.0 Å². The molecule has 0 aliphatic rings. The third-order valence-corrected chi connectivity index (χ3v) is 3.72. The van der Waals surface area contributed by atoms with E-state index < -0.39 is 17.5 Å².